The summed E-state index contributed by atoms with van der Waals surface area (Å²) in [6, 6.07) is 13.7. The zero-order valence-electron chi connectivity index (χ0n) is 19.7. The predicted octanol–water partition coefficient (Wildman–Crippen LogP) is 3.56. The smallest absolute Gasteiger partial charge is 0.257 e. The molecule has 6 rings (SSSR count). The Morgan fingerprint density at radius 1 is 1.11 bits per heavy atom. The van der Waals surface area contributed by atoms with Crippen LogP contribution in [0.25, 0.3) is 33.1 Å². The molecular formula is C27H25FN6O2. The topological polar surface area (TPSA) is 110 Å². The number of pyridine rings is 1. The van der Waals surface area contributed by atoms with Gasteiger partial charge in [0.05, 0.1) is 23.9 Å². The van der Waals surface area contributed by atoms with Crippen molar-refractivity contribution in [1.29, 1.82) is 0 Å². The van der Waals surface area contributed by atoms with E-state index in [2.05, 4.69) is 25.3 Å². The van der Waals surface area contributed by atoms with E-state index in [1.807, 2.05) is 37.3 Å². The quantitative estimate of drug-likeness (QED) is 0.313. The maximum Gasteiger partial charge on any atom is 0.257 e. The fraction of sp³-hybridized carbons (Fsp3) is 0.222. The molecule has 0 radical (unpaired) electrons. The fourth-order valence-corrected chi connectivity index (χ4v) is 5.07. The van der Waals surface area contributed by atoms with E-state index in [1.165, 1.54) is 12.1 Å². The van der Waals surface area contributed by atoms with Crippen molar-refractivity contribution in [2.75, 3.05) is 19.6 Å². The average molecular weight is 485 g/mol. The lowest BCUT2D eigenvalue weighted by Gasteiger charge is -2.35. The number of rotatable bonds is 4. The number of piperazine rings is 1. The van der Waals surface area contributed by atoms with Gasteiger partial charge in [0.1, 0.15) is 17.7 Å². The number of H-pyrrole nitrogens is 3. The van der Waals surface area contributed by atoms with E-state index in [4.69, 9.17) is 0 Å². The van der Waals surface area contributed by atoms with Crippen molar-refractivity contribution in [3.8, 4) is 11.3 Å². The molecule has 8 nitrogen and oxygen atoms in total. The number of fused-ring (bicyclic) bond motifs is 2. The summed E-state index contributed by atoms with van der Waals surface area (Å²) in [5.74, 6) is 0.220. The zero-order chi connectivity index (χ0) is 24.8. The lowest BCUT2D eigenvalue weighted by molar-refractivity contribution is -0.134. The van der Waals surface area contributed by atoms with Crippen molar-refractivity contribution in [2.24, 2.45) is 0 Å². The van der Waals surface area contributed by atoms with Gasteiger partial charge in [-0.1, -0.05) is 18.2 Å². The van der Waals surface area contributed by atoms with E-state index in [0.29, 0.717) is 36.7 Å². The van der Waals surface area contributed by atoms with Gasteiger partial charge in [0.25, 0.3) is 5.56 Å². The Kier molecular flexibility index (Phi) is 5.41. The summed E-state index contributed by atoms with van der Waals surface area (Å²) in [6.07, 6.45) is 1.79. The van der Waals surface area contributed by atoms with Crippen molar-refractivity contribution >= 4 is 27.7 Å². The van der Waals surface area contributed by atoms with Gasteiger partial charge in [-0.05, 0) is 48.2 Å². The van der Waals surface area contributed by atoms with Crippen LogP contribution in [0.2, 0.25) is 0 Å². The summed E-state index contributed by atoms with van der Waals surface area (Å²) in [5, 5.41) is 4.98. The SMILES string of the molecule is Cc1[nH]c2ccc(F)cc2c1CC(=O)N1CCNCC1c1ncc(-c2cc3ccccc3[nH]c2=O)[nH]1. The maximum absolute atomic E-state index is 13.9. The van der Waals surface area contributed by atoms with Gasteiger partial charge in [-0.2, -0.15) is 0 Å². The van der Waals surface area contributed by atoms with Crippen LogP contribution in [0.5, 0.6) is 0 Å². The minimum atomic E-state index is -0.331. The molecule has 1 saturated heterocycles. The second kappa shape index (κ2) is 8.76. The first kappa shape index (κ1) is 22.2. The first-order valence-electron chi connectivity index (χ1n) is 11.9. The van der Waals surface area contributed by atoms with Crippen LogP contribution >= 0.6 is 0 Å². The predicted molar refractivity (Wildman–Crippen MR) is 136 cm³/mol. The Hall–Kier alpha value is -4.24. The largest absolute Gasteiger partial charge is 0.358 e. The Morgan fingerprint density at radius 3 is 2.86 bits per heavy atom. The van der Waals surface area contributed by atoms with Gasteiger partial charge in [-0.15, -0.1) is 0 Å². The highest BCUT2D eigenvalue weighted by Gasteiger charge is 2.31. The molecule has 182 valence electrons. The van der Waals surface area contributed by atoms with Crippen LogP contribution in [0.4, 0.5) is 4.39 Å². The second-order valence-corrected chi connectivity index (χ2v) is 9.18. The molecule has 2 aromatic carbocycles. The summed E-state index contributed by atoms with van der Waals surface area (Å²) < 4.78 is 13.9. The van der Waals surface area contributed by atoms with Gasteiger partial charge in [0.2, 0.25) is 5.91 Å². The number of aromatic nitrogens is 4. The van der Waals surface area contributed by atoms with Crippen molar-refractivity contribution in [2.45, 2.75) is 19.4 Å². The molecule has 0 spiro atoms. The van der Waals surface area contributed by atoms with Crippen LogP contribution in [0.1, 0.15) is 23.1 Å². The Bertz CT molecular complexity index is 1670. The highest BCUT2D eigenvalue weighted by molar-refractivity contribution is 5.90. The number of aryl methyl sites for hydroxylation is 1. The van der Waals surface area contributed by atoms with Crippen LogP contribution in [0.3, 0.4) is 0 Å². The van der Waals surface area contributed by atoms with Gasteiger partial charge in [0, 0.05) is 41.7 Å². The standard InChI is InChI=1S/C27H25FN6O2/c1-15-18(19-11-17(28)6-7-22(19)31-15)12-25(35)34-9-8-29-14-24(34)26-30-13-23(32-26)20-10-16-4-2-3-5-21(16)33-27(20)36/h2-7,10-11,13,24,29,31H,8-9,12,14H2,1H3,(H,30,32)(H,33,36). The molecule has 0 bridgehead atoms. The summed E-state index contributed by atoms with van der Waals surface area (Å²) in [4.78, 5) is 42.0. The number of nitrogens with zero attached hydrogens (tertiary/aromatic N) is 2. The summed E-state index contributed by atoms with van der Waals surface area (Å²) in [7, 11) is 0. The van der Waals surface area contributed by atoms with Crippen molar-refractivity contribution < 1.29 is 9.18 Å². The molecule has 0 saturated carbocycles. The Labute approximate surface area is 205 Å². The molecule has 5 aromatic rings. The van der Waals surface area contributed by atoms with E-state index in [0.717, 1.165) is 33.1 Å². The number of para-hydroxylation sites is 1. The third-order valence-corrected chi connectivity index (χ3v) is 6.93. The molecule has 3 aromatic heterocycles. The third-order valence-electron chi connectivity index (χ3n) is 6.93. The lowest BCUT2D eigenvalue weighted by atomic mass is 10.1. The highest BCUT2D eigenvalue weighted by Crippen LogP contribution is 2.27. The molecule has 4 heterocycles. The number of hydrogen-bond acceptors (Lipinski definition) is 4. The highest BCUT2D eigenvalue weighted by atomic mass is 19.1. The summed E-state index contributed by atoms with van der Waals surface area (Å²) in [6.45, 7) is 3.62. The first-order valence-corrected chi connectivity index (χ1v) is 11.9. The van der Waals surface area contributed by atoms with Crippen LogP contribution < -0.4 is 10.9 Å². The molecule has 1 aliphatic heterocycles. The van der Waals surface area contributed by atoms with Gasteiger partial charge < -0.3 is 25.2 Å². The minimum Gasteiger partial charge on any atom is -0.358 e. The van der Waals surface area contributed by atoms with Crippen molar-refractivity contribution in [1.82, 2.24) is 30.2 Å². The van der Waals surface area contributed by atoms with E-state index >= 15 is 0 Å². The number of carbonyl (C=O) groups is 1. The number of amides is 1. The average Bonchev–Trinajstić information content (AvgIpc) is 3.48. The number of benzene rings is 2. The number of aromatic amines is 3. The molecule has 4 N–H and O–H groups in total. The molecular weight excluding hydrogens is 459 g/mol. The van der Waals surface area contributed by atoms with Crippen LogP contribution in [-0.2, 0) is 11.2 Å². The van der Waals surface area contributed by atoms with E-state index < -0.39 is 0 Å². The monoisotopic (exact) mass is 484 g/mol. The molecule has 1 amide bonds. The van der Waals surface area contributed by atoms with Gasteiger partial charge >= 0.3 is 0 Å². The molecule has 36 heavy (non-hydrogen) atoms. The number of imidazole rings is 1. The maximum atomic E-state index is 13.9. The third kappa shape index (κ3) is 3.87. The number of nitrogens with one attached hydrogen (secondary N) is 4. The van der Waals surface area contributed by atoms with Crippen LogP contribution in [0, 0.1) is 12.7 Å². The van der Waals surface area contributed by atoms with E-state index in [9.17, 15) is 14.0 Å². The van der Waals surface area contributed by atoms with E-state index in [1.54, 1.807) is 17.2 Å². The number of carbonyl (C=O) groups excluding carboxylic acids is 1. The second-order valence-electron chi connectivity index (χ2n) is 9.18. The van der Waals surface area contributed by atoms with Crippen molar-refractivity contribution in [3.05, 3.63) is 88.0 Å². The van der Waals surface area contributed by atoms with Crippen molar-refractivity contribution in [3.63, 3.8) is 0 Å². The van der Waals surface area contributed by atoms with Gasteiger partial charge in [-0.25, -0.2) is 9.37 Å². The summed E-state index contributed by atoms with van der Waals surface area (Å²) in [5.41, 5.74) is 4.11. The lowest BCUT2D eigenvalue weighted by Crippen LogP contribution is -2.49. The number of halogens is 1. The molecule has 0 aliphatic carbocycles. The first-order chi connectivity index (χ1) is 17.5. The minimum absolute atomic E-state index is 0.0590. The molecule has 1 atom stereocenters. The Morgan fingerprint density at radius 2 is 1.97 bits per heavy atom. The molecule has 1 fully saturated rings. The molecule has 1 aliphatic rings. The summed E-state index contributed by atoms with van der Waals surface area (Å²) >= 11 is 0. The van der Waals surface area contributed by atoms with Crippen LogP contribution in [0.15, 0.2) is 59.5 Å². The van der Waals surface area contributed by atoms with Crippen LogP contribution in [-0.4, -0.2) is 50.4 Å². The Balaban J connectivity index is 1.30. The molecule has 9 heteroatoms. The fourth-order valence-electron chi connectivity index (χ4n) is 5.07. The van der Waals surface area contributed by atoms with Gasteiger partial charge in [0.15, 0.2) is 0 Å². The molecule has 1 unspecified atom stereocenters. The number of hydrogen-bond donors (Lipinski definition) is 4. The van der Waals surface area contributed by atoms with Gasteiger partial charge in [-0.3, -0.25) is 9.59 Å². The normalized spacial score (nSPS) is 16.2. The zero-order valence-corrected chi connectivity index (χ0v) is 19.7. The van der Waals surface area contributed by atoms with E-state index in [-0.39, 0.29) is 29.7 Å².